The third-order valence-corrected chi connectivity index (χ3v) is 4.80. The van der Waals surface area contributed by atoms with Crippen molar-refractivity contribution in [3.63, 3.8) is 0 Å². The first kappa shape index (κ1) is 18.8. The maximum atomic E-state index is 11.1. The van der Waals surface area contributed by atoms with Gasteiger partial charge in [-0.3, -0.25) is 15.1 Å². The van der Waals surface area contributed by atoms with E-state index in [1.54, 1.807) is 18.3 Å². The van der Waals surface area contributed by atoms with Crippen LogP contribution in [-0.2, 0) is 0 Å². The van der Waals surface area contributed by atoms with Crippen LogP contribution in [0.4, 0.5) is 17.1 Å². The second-order valence-electron chi connectivity index (χ2n) is 6.38. The minimum absolute atomic E-state index is 0.0666. The molecule has 0 N–H and O–H groups in total. The van der Waals surface area contributed by atoms with Gasteiger partial charge in [-0.2, -0.15) is 0 Å². The molecule has 2 aromatic carbocycles. The Hall–Kier alpha value is -2.93. The topological polar surface area (TPSA) is 71.2 Å². The van der Waals surface area contributed by atoms with Crippen molar-refractivity contribution < 1.29 is 9.66 Å². The number of aliphatic imine (C=N–C) groups is 1. The third kappa shape index (κ3) is 4.62. The summed E-state index contributed by atoms with van der Waals surface area (Å²) in [5, 5.41) is 11.1. The summed E-state index contributed by atoms with van der Waals surface area (Å²) in [5.41, 5.74) is 2.60. The molecule has 0 saturated carbocycles. The van der Waals surface area contributed by atoms with Gasteiger partial charge in [0.15, 0.2) is 5.75 Å². The van der Waals surface area contributed by atoms with Gasteiger partial charge in [0.05, 0.1) is 17.7 Å². The molecule has 1 aliphatic rings. The summed E-state index contributed by atoms with van der Waals surface area (Å²) in [6, 6.07) is 12.9. The lowest BCUT2D eigenvalue weighted by molar-refractivity contribution is -0.385. The molecule has 1 saturated heterocycles. The first-order valence-corrected chi connectivity index (χ1v) is 9.04. The average Bonchev–Trinajstić information content (AvgIpc) is 2.72. The SMILES string of the molecule is CCN1CCN(c2ccc(N=Cc3ccc(OC)c([N+](=O)[O-])c3)cc2)CC1. The van der Waals surface area contributed by atoms with Crippen LogP contribution in [0.15, 0.2) is 47.5 Å². The van der Waals surface area contributed by atoms with E-state index in [1.807, 2.05) is 12.1 Å². The van der Waals surface area contributed by atoms with Crippen LogP contribution in [0, 0.1) is 10.1 Å². The summed E-state index contributed by atoms with van der Waals surface area (Å²) >= 11 is 0. The largest absolute Gasteiger partial charge is 0.490 e. The van der Waals surface area contributed by atoms with E-state index in [-0.39, 0.29) is 11.4 Å². The molecule has 0 radical (unpaired) electrons. The fraction of sp³-hybridized carbons (Fsp3) is 0.350. The lowest BCUT2D eigenvalue weighted by Crippen LogP contribution is -2.46. The number of benzene rings is 2. The highest BCUT2D eigenvalue weighted by atomic mass is 16.6. The van der Waals surface area contributed by atoms with Crippen LogP contribution in [-0.4, -0.2) is 55.9 Å². The molecule has 0 atom stereocenters. The zero-order valence-electron chi connectivity index (χ0n) is 15.7. The smallest absolute Gasteiger partial charge is 0.311 e. The molecule has 0 spiro atoms. The maximum absolute atomic E-state index is 11.1. The van der Waals surface area contributed by atoms with Gasteiger partial charge in [-0.15, -0.1) is 0 Å². The number of methoxy groups -OCH3 is 1. The molecule has 27 heavy (non-hydrogen) atoms. The average molecular weight is 368 g/mol. The molecule has 0 aliphatic carbocycles. The molecule has 3 rings (SSSR count). The zero-order valence-corrected chi connectivity index (χ0v) is 15.7. The van der Waals surface area contributed by atoms with Crippen molar-refractivity contribution in [3.05, 3.63) is 58.1 Å². The Bertz CT molecular complexity index is 812. The Morgan fingerprint density at radius 2 is 1.85 bits per heavy atom. The van der Waals surface area contributed by atoms with E-state index >= 15 is 0 Å². The van der Waals surface area contributed by atoms with E-state index in [4.69, 9.17) is 4.74 Å². The number of piperazine rings is 1. The van der Waals surface area contributed by atoms with Crippen LogP contribution < -0.4 is 9.64 Å². The monoisotopic (exact) mass is 368 g/mol. The van der Waals surface area contributed by atoms with E-state index in [2.05, 4.69) is 33.8 Å². The van der Waals surface area contributed by atoms with Crippen molar-refractivity contribution in [1.82, 2.24) is 4.90 Å². The summed E-state index contributed by atoms with van der Waals surface area (Å²) in [6.45, 7) is 7.54. The number of likely N-dealkylation sites (N-methyl/N-ethyl adjacent to an activating group) is 1. The first-order chi connectivity index (χ1) is 13.1. The lowest BCUT2D eigenvalue weighted by atomic mass is 10.2. The van der Waals surface area contributed by atoms with Gasteiger partial charge in [-0.05, 0) is 48.5 Å². The number of nitro benzene ring substituents is 1. The Balaban J connectivity index is 1.68. The van der Waals surface area contributed by atoms with Crippen LogP contribution in [0.5, 0.6) is 5.75 Å². The molecule has 2 aromatic rings. The van der Waals surface area contributed by atoms with Crippen molar-refractivity contribution in [3.8, 4) is 5.75 Å². The Labute approximate surface area is 159 Å². The summed E-state index contributed by atoms with van der Waals surface area (Å²) in [7, 11) is 1.42. The van der Waals surface area contributed by atoms with Crippen LogP contribution >= 0.6 is 0 Å². The quantitative estimate of drug-likeness (QED) is 0.443. The van der Waals surface area contributed by atoms with Gasteiger partial charge in [0.2, 0.25) is 0 Å². The van der Waals surface area contributed by atoms with Gasteiger partial charge >= 0.3 is 5.69 Å². The van der Waals surface area contributed by atoms with E-state index in [1.165, 1.54) is 18.9 Å². The third-order valence-electron chi connectivity index (χ3n) is 4.80. The van der Waals surface area contributed by atoms with Crippen molar-refractivity contribution >= 4 is 23.3 Å². The zero-order chi connectivity index (χ0) is 19.2. The van der Waals surface area contributed by atoms with Crippen molar-refractivity contribution in [1.29, 1.82) is 0 Å². The summed E-state index contributed by atoms with van der Waals surface area (Å²) in [5.74, 6) is 0.240. The molecule has 1 fully saturated rings. The molecular weight excluding hydrogens is 344 g/mol. The normalized spacial score (nSPS) is 15.3. The molecule has 0 unspecified atom stereocenters. The summed E-state index contributed by atoms with van der Waals surface area (Å²) in [6.07, 6.45) is 1.63. The Morgan fingerprint density at radius 3 is 2.44 bits per heavy atom. The minimum Gasteiger partial charge on any atom is -0.490 e. The second-order valence-corrected chi connectivity index (χ2v) is 6.38. The number of rotatable bonds is 6. The van der Waals surface area contributed by atoms with E-state index in [0.717, 1.165) is 38.4 Å². The first-order valence-electron chi connectivity index (χ1n) is 9.04. The van der Waals surface area contributed by atoms with Crippen molar-refractivity contribution in [2.24, 2.45) is 4.99 Å². The van der Waals surface area contributed by atoms with E-state index in [9.17, 15) is 10.1 Å². The van der Waals surface area contributed by atoms with Crippen LogP contribution in [0.2, 0.25) is 0 Å². The van der Waals surface area contributed by atoms with E-state index in [0.29, 0.717) is 5.56 Å². The standard InChI is InChI=1S/C20H24N4O3/c1-3-22-10-12-23(13-11-22)18-7-5-17(6-8-18)21-15-16-4-9-20(27-2)19(14-16)24(25)26/h4-9,14-15H,3,10-13H2,1-2H3. The van der Waals surface area contributed by atoms with Crippen molar-refractivity contribution in [2.75, 3.05) is 44.7 Å². The van der Waals surface area contributed by atoms with Gasteiger partial charge < -0.3 is 14.5 Å². The molecule has 0 bridgehead atoms. The Morgan fingerprint density at radius 1 is 1.15 bits per heavy atom. The highest BCUT2D eigenvalue weighted by Gasteiger charge is 2.16. The fourth-order valence-corrected chi connectivity index (χ4v) is 3.15. The minimum atomic E-state index is -0.455. The van der Waals surface area contributed by atoms with Gasteiger partial charge in [0.1, 0.15) is 0 Å². The molecule has 7 heteroatoms. The van der Waals surface area contributed by atoms with Crippen molar-refractivity contribution in [2.45, 2.75) is 6.92 Å². The predicted molar refractivity (Wildman–Crippen MR) is 108 cm³/mol. The van der Waals surface area contributed by atoms with Crippen LogP contribution in [0.1, 0.15) is 12.5 Å². The van der Waals surface area contributed by atoms with E-state index < -0.39 is 4.92 Å². The van der Waals surface area contributed by atoms with Crippen LogP contribution in [0.25, 0.3) is 0 Å². The number of nitrogens with zero attached hydrogens (tertiary/aromatic N) is 4. The lowest BCUT2D eigenvalue weighted by Gasteiger charge is -2.35. The second kappa shape index (κ2) is 8.64. The fourth-order valence-electron chi connectivity index (χ4n) is 3.15. The predicted octanol–water partition coefficient (Wildman–Crippen LogP) is 3.50. The molecule has 0 aromatic heterocycles. The summed E-state index contributed by atoms with van der Waals surface area (Å²) < 4.78 is 5.02. The molecule has 142 valence electrons. The molecule has 7 nitrogen and oxygen atoms in total. The highest BCUT2D eigenvalue weighted by Crippen LogP contribution is 2.27. The van der Waals surface area contributed by atoms with Gasteiger partial charge in [0.25, 0.3) is 0 Å². The van der Waals surface area contributed by atoms with Gasteiger partial charge in [-0.1, -0.05) is 6.92 Å². The number of hydrogen-bond acceptors (Lipinski definition) is 6. The highest BCUT2D eigenvalue weighted by molar-refractivity contribution is 5.83. The maximum Gasteiger partial charge on any atom is 0.311 e. The molecule has 0 amide bonds. The molecule has 1 aliphatic heterocycles. The number of anilines is 1. The van der Waals surface area contributed by atoms with Crippen LogP contribution in [0.3, 0.4) is 0 Å². The summed E-state index contributed by atoms with van der Waals surface area (Å²) in [4.78, 5) is 19.9. The number of ether oxygens (including phenoxy) is 1. The number of nitro groups is 1. The Kier molecular flexibility index (Phi) is 6.03. The molecular formula is C20H24N4O3. The van der Waals surface area contributed by atoms with Gasteiger partial charge in [-0.25, -0.2) is 0 Å². The molecule has 1 heterocycles. The number of hydrogen-bond donors (Lipinski definition) is 0. The van der Waals surface area contributed by atoms with Gasteiger partial charge in [0, 0.05) is 44.1 Å².